The van der Waals surface area contributed by atoms with Gasteiger partial charge in [0.25, 0.3) is 0 Å². The summed E-state index contributed by atoms with van der Waals surface area (Å²) in [5.74, 6) is 0.0836. The van der Waals surface area contributed by atoms with Crippen molar-refractivity contribution in [2.45, 2.75) is 12.8 Å². The van der Waals surface area contributed by atoms with Crippen LogP contribution >= 0.6 is 0 Å². The summed E-state index contributed by atoms with van der Waals surface area (Å²) < 4.78 is 5.80. The Labute approximate surface area is 103 Å². The number of amides is 1. The predicted molar refractivity (Wildman–Crippen MR) is 70.7 cm³/mol. The van der Waals surface area contributed by atoms with Crippen LogP contribution in [0.5, 0.6) is 0 Å². The van der Waals surface area contributed by atoms with Gasteiger partial charge in [-0.2, -0.15) is 0 Å². The molecular formula is C15H11NO2. The molecule has 1 amide bonds. The monoisotopic (exact) mass is 237 g/mol. The Hall–Kier alpha value is -2.29. The van der Waals surface area contributed by atoms with E-state index < -0.39 is 0 Å². The average molecular weight is 237 g/mol. The molecule has 0 atom stereocenters. The van der Waals surface area contributed by atoms with Crippen LogP contribution in [-0.2, 0) is 11.2 Å². The highest BCUT2D eigenvalue weighted by Gasteiger charge is 2.20. The first-order valence-corrected chi connectivity index (χ1v) is 6.06. The molecular weight excluding hydrogens is 226 g/mol. The maximum atomic E-state index is 11.6. The molecule has 0 radical (unpaired) electrons. The van der Waals surface area contributed by atoms with Gasteiger partial charge < -0.3 is 9.73 Å². The van der Waals surface area contributed by atoms with E-state index in [1.54, 1.807) is 0 Å². The number of carbonyl (C=O) groups excluding carboxylic acids is 1. The molecule has 18 heavy (non-hydrogen) atoms. The van der Waals surface area contributed by atoms with E-state index in [0.29, 0.717) is 6.42 Å². The van der Waals surface area contributed by atoms with Gasteiger partial charge in [0.15, 0.2) is 0 Å². The molecule has 0 aliphatic carbocycles. The zero-order valence-electron chi connectivity index (χ0n) is 9.69. The molecule has 3 aromatic rings. The van der Waals surface area contributed by atoms with Gasteiger partial charge in [-0.15, -0.1) is 0 Å². The van der Waals surface area contributed by atoms with Crippen molar-refractivity contribution in [2.75, 3.05) is 5.32 Å². The summed E-state index contributed by atoms with van der Waals surface area (Å²) in [5, 5.41) is 5.07. The van der Waals surface area contributed by atoms with Gasteiger partial charge in [-0.05, 0) is 24.1 Å². The Morgan fingerprint density at radius 1 is 1.00 bits per heavy atom. The summed E-state index contributed by atoms with van der Waals surface area (Å²) in [4.78, 5) is 11.6. The van der Waals surface area contributed by atoms with E-state index in [1.165, 1.54) is 5.56 Å². The molecule has 0 unspecified atom stereocenters. The van der Waals surface area contributed by atoms with Gasteiger partial charge in [0.1, 0.15) is 11.2 Å². The van der Waals surface area contributed by atoms with Crippen LogP contribution < -0.4 is 5.32 Å². The zero-order chi connectivity index (χ0) is 12.1. The highest BCUT2D eigenvalue weighted by Crippen LogP contribution is 2.38. The first-order valence-electron chi connectivity index (χ1n) is 6.06. The number of fused-ring (bicyclic) bond motifs is 5. The average Bonchev–Trinajstić information content (AvgIpc) is 2.77. The van der Waals surface area contributed by atoms with E-state index >= 15 is 0 Å². The third-order valence-electron chi connectivity index (χ3n) is 3.52. The summed E-state index contributed by atoms with van der Waals surface area (Å²) in [7, 11) is 0. The second kappa shape index (κ2) is 3.35. The van der Waals surface area contributed by atoms with Crippen LogP contribution in [0.2, 0.25) is 0 Å². The summed E-state index contributed by atoms with van der Waals surface area (Å²) >= 11 is 0. The summed E-state index contributed by atoms with van der Waals surface area (Å²) in [5.41, 5.74) is 3.81. The zero-order valence-corrected chi connectivity index (χ0v) is 9.69. The van der Waals surface area contributed by atoms with Crippen molar-refractivity contribution in [3.8, 4) is 0 Å². The van der Waals surface area contributed by atoms with Gasteiger partial charge in [0, 0.05) is 11.8 Å². The second-order valence-electron chi connectivity index (χ2n) is 4.62. The fraction of sp³-hybridized carbons (Fsp3) is 0.133. The normalized spacial score (nSPS) is 14.8. The minimum Gasteiger partial charge on any atom is -0.456 e. The molecule has 3 heteroatoms. The molecule has 4 rings (SSSR count). The number of carbonyl (C=O) groups is 1. The minimum atomic E-state index is 0.0836. The van der Waals surface area contributed by atoms with Crippen LogP contribution in [0.3, 0.4) is 0 Å². The Bertz CT molecular complexity index is 786. The number of rotatable bonds is 0. The Balaban J connectivity index is 2.17. The lowest BCUT2D eigenvalue weighted by molar-refractivity contribution is -0.116. The SMILES string of the molecule is O=C1CCc2ccc3oc4ccccc4c3c2N1. The first kappa shape index (κ1) is 9.71. The number of para-hydroxylation sites is 1. The Morgan fingerprint density at radius 3 is 2.83 bits per heavy atom. The van der Waals surface area contributed by atoms with Crippen LogP contribution in [0.4, 0.5) is 5.69 Å². The van der Waals surface area contributed by atoms with Crippen LogP contribution in [0.25, 0.3) is 21.9 Å². The number of benzene rings is 2. The molecule has 0 saturated carbocycles. The Kier molecular flexibility index (Phi) is 1.81. The third-order valence-corrected chi connectivity index (χ3v) is 3.52. The van der Waals surface area contributed by atoms with Crippen LogP contribution in [-0.4, -0.2) is 5.91 Å². The molecule has 1 aliphatic rings. The number of hydrogen-bond acceptors (Lipinski definition) is 2. The van der Waals surface area contributed by atoms with E-state index in [-0.39, 0.29) is 5.91 Å². The molecule has 0 fully saturated rings. The fourth-order valence-corrected chi connectivity index (χ4v) is 2.66. The van der Waals surface area contributed by atoms with Crippen LogP contribution in [0, 0.1) is 0 Å². The standard InChI is InChI=1S/C15H11NO2/c17-13-8-6-9-5-7-12-14(15(9)16-13)10-3-1-2-4-11(10)18-12/h1-5,7H,6,8H2,(H,16,17). The summed E-state index contributed by atoms with van der Waals surface area (Å²) in [6.45, 7) is 0. The molecule has 1 aromatic heterocycles. The van der Waals surface area contributed by atoms with Crippen molar-refractivity contribution in [3.05, 3.63) is 42.0 Å². The maximum absolute atomic E-state index is 11.6. The topological polar surface area (TPSA) is 42.2 Å². The molecule has 2 aromatic carbocycles. The number of hydrogen-bond donors (Lipinski definition) is 1. The predicted octanol–water partition coefficient (Wildman–Crippen LogP) is 3.47. The van der Waals surface area contributed by atoms with Crippen molar-refractivity contribution in [1.29, 1.82) is 0 Å². The van der Waals surface area contributed by atoms with Crippen molar-refractivity contribution >= 4 is 33.5 Å². The second-order valence-corrected chi connectivity index (χ2v) is 4.62. The van der Waals surface area contributed by atoms with Gasteiger partial charge in [-0.1, -0.05) is 24.3 Å². The van der Waals surface area contributed by atoms with Crippen molar-refractivity contribution in [1.82, 2.24) is 0 Å². The molecule has 0 spiro atoms. The van der Waals surface area contributed by atoms with Gasteiger partial charge in [0.2, 0.25) is 5.91 Å². The largest absolute Gasteiger partial charge is 0.456 e. The number of aryl methyl sites for hydroxylation is 1. The third kappa shape index (κ3) is 1.21. The molecule has 0 saturated heterocycles. The van der Waals surface area contributed by atoms with Crippen LogP contribution in [0.15, 0.2) is 40.8 Å². The van der Waals surface area contributed by atoms with E-state index in [2.05, 4.69) is 5.32 Å². The molecule has 1 N–H and O–H groups in total. The Morgan fingerprint density at radius 2 is 1.89 bits per heavy atom. The molecule has 2 heterocycles. The molecule has 88 valence electrons. The lowest BCUT2D eigenvalue weighted by Crippen LogP contribution is -2.18. The summed E-state index contributed by atoms with van der Waals surface area (Å²) in [6, 6.07) is 12.0. The van der Waals surface area contributed by atoms with Gasteiger partial charge in [0.05, 0.1) is 11.1 Å². The molecule has 0 bridgehead atoms. The van der Waals surface area contributed by atoms with E-state index in [1.807, 2.05) is 36.4 Å². The highest BCUT2D eigenvalue weighted by molar-refractivity contribution is 6.15. The van der Waals surface area contributed by atoms with E-state index in [9.17, 15) is 4.79 Å². The molecule has 1 aliphatic heterocycles. The molecule has 3 nitrogen and oxygen atoms in total. The number of anilines is 1. The van der Waals surface area contributed by atoms with Crippen LogP contribution in [0.1, 0.15) is 12.0 Å². The number of furan rings is 1. The lowest BCUT2D eigenvalue weighted by atomic mass is 9.99. The van der Waals surface area contributed by atoms with Crippen molar-refractivity contribution in [2.24, 2.45) is 0 Å². The fourth-order valence-electron chi connectivity index (χ4n) is 2.66. The van der Waals surface area contributed by atoms with Gasteiger partial charge >= 0.3 is 0 Å². The highest BCUT2D eigenvalue weighted by atomic mass is 16.3. The van der Waals surface area contributed by atoms with Crippen molar-refractivity contribution in [3.63, 3.8) is 0 Å². The quantitative estimate of drug-likeness (QED) is 0.650. The smallest absolute Gasteiger partial charge is 0.224 e. The van der Waals surface area contributed by atoms with Gasteiger partial charge in [-0.3, -0.25) is 4.79 Å². The first-order chi connectivity index (χ1) is 8.83. The van der Waals surface area contributed by atoms with Gasteiger partial charge in [-0.25, -0.2) is 0 Å². The van der Waals surface area contributed by atoms with Crippen molar-refractivity contribution < 1.29 is 9.21 Å². The van der Waals surface area contributed by atoms with E-state index in [4.69, 9.17) is 4.42 Å². The summed E-state index contributed by atoms with van der Waals surface area (Å²) in [6.07, 6.45) is 1.37. The maximum Gasteiger partial charge on any atom is 0.224 e. The minimum absolute atomic E-state index is 0.0836. The van der Waals surface area contributed by atoms with E-state index in [0.717, 1.165) is 34.0 Å². The lowest BCUT2D eigenvalue weighted by Gasteiger charge is -2.17. The number of nitrogens with one attached hydrogen (secondary N) is 1.